The summed E-state index contributed by atoms with van der Waals surface area (Å²) in [6.07, 6.45) is 38.5. The number of unbranched alkanes of at least 4 members (excludes halogenated alkanes) is 28. The molecule has 0 aliphatic carbocycles. The van der Waals surface area contributed by atoms with Gasteiger partial charge in [0.15, 0.2) is 0 Å². The first-order valence-electron chi connectivity index (χ1n) is 44.2. The van der Waals surface area contributed by atoms with Gasteiger partial charge in [0.05, 0.1) is 49.2 Å². The van der Waals surface area contributed by atoms with Gasteiger partial charge in [-0.1, -0.05) is 256 Å². The Bertz CT molecular complexity index is 3130. The van der Waals surface area contributed by atoms with Gasteiger partial charge in [-0.15, -0.1) is 0 Å². The lowest BCUT2D eigenvalue weighted by molar-refractivity contribution is -0.144. The number of carboxylic acids is 4. The number of hydrogen-bond donors (Lipinski definition) is 4. The van der Waals surface area contributed by atoms with Gasteiger partial charge < -0.3 is 96.9 Å². The zero-order chi connectivity index (χ0) is 86.9. The molecular weight excluding hydrogens is 1550 g/mol. The number of nitrogens with zero attached hydrogens (tertiary/aromatic N) is 4. The maximum absolute atomic E-state index is 12.8. The minimum absolute atomic E-state index is 0.0202. The van der Waals surface area contributed by atoms with Gasteiger partial charge in [-0.2, -0.15) is 0 Å². The minimum atomic E-state index is -1.14. The van der Waals surface area contributed by atoms with E-state index in [9.17, 15) is 58.8 Å². The van der Waals surface area contributed by atoms with Gasteiger partial charge in [0.2, 0.25) is 0 Å². The van der Waals surface area contributed by atoms with Gasteiger partial charge >= 0.3 is 47.8 Å². The molecule has 0 amide bonds. The van der Waals surface area contributed by atoms with E-state index >= 15 is 0 Å². The summed E-state index contributed by atoms with van der Waals surface area (Å²) in [5.41, 5.74) is 1.53. The van der Waals surface area contributed by atoms with E-state index in [0.717, 1.165) is 51.4 Å². The lowest BCUT2D eigenvalue weighted by atomic mass is 10.1. The highest BCUT2D eigenvalue weighted by Crippen LogP contribution is 2.33. The molecule has 4 aromatic carbocycles. The molecule has 0 radical (unpaired) electrons. The number of anilines is 4. The summed E-state index contributed by atoms with van der Waals surface area (Å²) in [4.78, 5) is 104. The molecule has 0 spiro atoms. The molecule has 4 aromatic rings. The molecule has 0 aliphatic heterocycles. The van der Waals surface area contributed by atoms with E-state index in [1.54, 1.807) is 97.1 Å². The summed E-state index contributed by atoms with van der Waals surface area (Å²) in [6.45, 7) is 9.45. The Labute approximate surface area is 713 Å². The lowest BCUT2D eigenvalue weighted by Crippen LogP contribution is -2.36. The monoisotopic (exact) mass is 1690 g/mol. The maximum Gasteiger partial charge on any atom is 0.325 e. The number of ether oxygens (including phenoxy) is 12. The summed E-state index contributed by atoms with van der Waals surface area (Å²) in [6, 6.07) is 27.0. The van der Waals surface area contributed by atoms with Gasteiger partial charge in [0.25, 0.3) is 0 Å². The average molecular weight is 1690 g/mol. The summed E-state index contributed by atoms with van der Waals surface area (Å²) in [5, 5.41) is 38.5. The van der Waals surface area contributed by atoms with E-state index in [1.807, 2.05) is 0 Å². The lowest BCUT2D eigenvalue weighted by Gasteiger charge is -2.25. The molecule has 0 saturated heterocycles. The molecule has 0 aromatic heterocycles. The molecule has 4 N–H and O–H groups in total. The van der Waals surface area contributed by atoms with Crippen LogP contribution in [0.1, 0.15) is 233 Å². The number of para-hydroxylation sites is 8. The molecule has 120 heavy (non-hydrogen) atoms. The molecule has 676 valence electrons. The van der Waals surface area contributed by atoms with Crippen LogP contribution in [0.25, 0.3) is 0 Å². The first-order valence-corrected chi connectivity index (χ1v) is 44.2. The third-order valence-electron chi connectivity index (χ3n) is 19.1. The van der Waals surface area contributed by atoms with E-state index < -0.39 is 73.9 Å². The van der Waals surface area contributed by atoms with Gasteiger partial charge in [-0.05, 0) is 74.2 Å². The van der Waals surface area contributed by atoms with Crippen LogP contribution in [-0.4, -0.2) is 226 Å². The highest BCUT2D eigenvalue weighted by atomic mass is 16.6. The fraction of sp³-hybridized carbons (Fsp3) is 0.652. The third kappa shape index (κ3) is 54.2. The Morgan fingerprint density at radius 2 is 0.392 bits per heavy atom. The van der Waals surface area contributed by atoms with Gasteiger partial charge in [-0.25, -0.2) is 0 Å². The van der Waals surface area contributed by atoms with E-state index in [4.69, 9.17) is 56.8 Å². The Hall–Kier alpha value is -9.12. The summed E-state index contributed by atoms with van der Waals surface area (Å²) in [5.74, 6) is -5.63. The van der Waals surface area contributed by atoms with Crippen molar-refractivity contribution in [1.82, 2.24) is 0 Å². The smallest absolute Gasteiger partial charge is 0.325 e. The van der Waals surface area contributed by atoms with Gasteiger partial charge in [0.1, 0.15) is 128 Å². The van der Waals surface area contributed by atoms with Gasteiger partial charge in [0, 0.05) is 26.4 Å². The van der Waals surface area contributed by atoms with E-state index in [0.29, 0.717) is 72.2 Å². The zero-order valence-corrected chi connectivity index (χ0v) is 72.6. The minimum Gasteiger partial charge on any atom is -0.488 e. The van der Waals surface area contributed by atoms with Crippen LogP contribution in [0, 0.1) is 0 Å². The average Bonchev–Trinajstić information content (AvgIpc) is 0.854. The van der Waals surface area contributed by atoms with Crippen LogP contribution < -0.4 is 38.5 Å². The van der Waals surface area contributed by atoms with Crippen LogP contribution in [0.3, 0.4) is 0 Å². The van der Waals surface area contributed by atoms with Gasteiger partial charge in [-0.3, -0.25) is 38.4 Å². The molecule has 28 nitrogen and oxygen atoms in total. The van der Waals surface area contributed by atoms with Crippen molar-refractivity contribution in [3.8, 4) is 23.0 Å². The zero-order valence-electron chi connectivity index (χ0n) is 72.6. The predicted molar refractivity (Wildman–Crippen MR) is 465 cm³/mol. The second-order valence-corrected chi connectivity index (χ2v) is 29.5. The molecule has 0 fully saturated rings. The van der Waals surface area contributed by atoms with Crippen molar-refractivity contribution in [3.05, 3.63) is 97.1 Å². The quantitative estimate of drug-likeness (QED) is 0.0181. The fourth-order valence-electron chi connectivity index (χ4n) is 13.0. The molecule has 0 atom stereocenters. The topological polar surface area (TPSA) is 341 Å². The first kappa shape index (κ1) is 105. The Balaban J connectivity index is 0.000000626. The first-order chi connectivity index (χ1) is 58.5. The van der Waals surface area contributed by atoms with Crippen molar-refractivity contribution >= 4 is 70.5 Å². The van der Waals surface area contributed by atoms with Crippen LogP contribution in [0.4, 0.5) is 22.7 Å². The third-order valence-corrected chi connectivity index (χ3v) is 19.1. The number of rotatable bonds is 78. The summed E-state index contributed by atoms with van der Waals surface area (Å²) < 4.78 is 67.8. The number of carboxylic acid groups (broad SMARTS) is 4. The van der Waals surface area contributed by atoms with Crippen LogP contribution >= 0.6 is 0 Å². The molecule has 0 bridgehead atoms. The molecular formula is C92H144N4O24. The number of carbonyl (C=O) groups excluding carboxylic acids is 4. The van der Waals surface area contributed by atoms with Crippen LogP contribution in [-0.2, 0) is 76.3 Å². The summed E-state index contributed by atoms with van der Waals surface area (Å²) >= 11 is 0. The molecule has 0 saturated carbocycles. The number of carbonyl (C=O) groups is 8. The highest BCUT2D eigenvalue weighted by Gasteiger charge is 2.25. The van der Waals surface area contributed by atoms with Crippen LogP contribution in [0.2, 0.25) is 0 Å². The molecule has 4 rings (SSSR count). The molecule has 0 unspecified atom stereocenters. The maximum atomic E-state index is 12.8. The number of benzene rings is 4. The Morgan fingerprint density at radius 1 is 0.217 bits per heavy atom. The molecule has 0 heterocycles. The number of esters is 4. The second kappa shape index (κ2) is 71.6. The van der Waals surface area contributed by atoms with Crippen molar-refractivity contribution in [2.24, 2.45) is 0 Å². The molecule has 0 aliphatic rings. The van der Waals surface area contributed by atoms with Crippen molar-refractivity contribution in [2.75, 3.05) is 178 Å². The van der Waals surface area contributed by atoms with Crippen molar-refractivity contribution < 1.29 is 116 Å². The molecule has 28 heteroatoms. The SMILES string of the molecule is CCCCCCCCCCCCOCCOC(=O)CN(CC(=O)O)c1ccccc1OCCOc1ccccc1N(CC(=O)O)CC(=O)OCCOCCCCCCCCCCCC.CCCCCCCCOCCOC(=O)CN(CC(=O)O)c1ccccc1OCCOc1ccccc1N(CC(=O)O)CC(=O)OCCOCCCCCCCC. The summed E-state index contributed by atoms with van der Waals surface area (Å²) in [7, 11) is 0. The standard InChI is InChI=1S/C50H80N2O12.C42H64N2O12/c1-3-5-7-9-11-13-15-17-19-25-31-59-33-35-63-49(57)41-51(39-47(53)54)43-27-21-23-29-45(43)61-37-38-62-46-30-24-22-28-44(46)52(40-48(55)56)42-50(58)64-36-34-60-32-26-20-18-16-14-12-10-8-6-4-2;1-3-5-7-9-11-17-23-51-25-27-55-41(49)33-43(31-39(45)46)35-19-13-15-21-37(35)53-29-30-54-38-22-16-14-20-36(38)44(32-40(47)48)34-42(50)56-28-26-52-24-18-12-10-8-6-4-2/h21-24,27-30H,3-20,25-26,31-42H2,1-2H3,(H,53,54)(H,55,56);13-16,19-22H,3-12,17-18,23-34H2,1-2H3,(H,45,46)(H,47,48). The van der Waals surface area contributed by atoms with Crippen molar-refractivity contribution in [3.63, 3.8) is 0 Å². The second-order valence-electron chi connectivity index (χ2n) is 29.5. The van der Waals surface area contributed by atoms with E-state index in [1.165, 1.54) is 174 Å². The predicted octanol–water partition coefficient (Wildman–Crippen LogP) is 16.7. The van der Waals surface area contributed by atoms with E-state index in [-0.39, 0.29) is 105 Å². The fourth-order valence-corrected chi connectivity index (χ4v) is 13.0. The largest absolute Gasteiger partial charge is 0.488 e. The Morgan fingerprint density at radius 3 is 0.575 bits per heavy atom. The van der Waals surface area contributed by atoms with Crippen molar-refractivity contribution in [1.29, 1.82) is 0 Å². The van der Waals surface area contributed by atoms with Crippen LogP contribution in [0.5, 0.6) is 23.0 Å². The number of aliphatic carboxylic acids is 4. The highest BCUT2D eigenvalue weighted by molar-refractivity contribution is 5.85. The number of hydrogen-bond acceptors (Lipinski definition) is 24. The van der Waals surface area contributed by atoms with Crippen molar-refractivity contribution in [2.45, 2.75) is 233 Å². The Kier molecular flexibility index (Phi) is 62.7. The van der Waals surface area contributed by atoms with Crippen LogP contribution in [0.15, 0.2) is 97.1 Å². The normalized spacial score (nSPS) is 10.9. The van der Waals surface area contributed by atoms with E-state index in [2.05, 4.69) is 27.7 Å².